The first kappa shape index (κ1) is 16.2. The molecule has 0 bridgehead atoms. The maximum atomic E-state index is 12.5. The van der Waals surface area contributed by atoms with Gasteiger partial charge in [0, 0.05) is 25.7 Å². The Balaban J connectivity index is 4.63. The van der Waals surface area contributed by atoms with Crippen molar-refractivity contribution in [2.75, 3.05) is 19.7 Å². The summed E-state index contributed by atoms with van der Waals surface area (Å²) in [5.74, 6) is -4.25. The van der Waals surface area contributed by atoms with Gasteiger partial charge in [-0.25, -0.2) is 0 Å². The van der Waals surface area contributed by atoms with Crippen LogP contribution in [-0.2, 0) is 4.79 Å². The molecule has 0 radical (unpaired) electrons. The van der Waals surface area contributed by atoms with E-state index in [2.05, 4.69) is 0 Å². The van der Waals surface area contributed by atoms with Crippen molar-refractivity contribution >= 4 is 5.97 Å². The number of nitrogens with zero attached hydrogens (tertiary/aromatic N) is 1. The van der Waals surface area contributed by atoms with E-state index in [4.69, 9.17) is 10.2 Å². The fraction of sp³-hybridized carbons (Fsp3) is 0.900. The van der Waals surface area contributed by atoms with Crippen molar-refractivity contribution in [3.8, 4) is 0 Å². The van der Waals surface area contributed by atoms with E-state index in [1.807, 2.05) is 0 Å². The van der Waals surface area contributed by atoms with Gasteiger partial charge in [-0.1, -0.05) is 0 Å². The Labute approximate surface area is 98.0 Å². The van der Waals surface area contributed by atoms with Gasteiger partial charge in [0.2, 0.25) is 0 Å². The van der Waals surface area contributed by atoms with Gasteiger partial charge in [0.15, 0.2) is 5.92 Å². The number of carboxylic acids is 1. The third-order valence-corrected chi connectivity index (χ3v) is 2.44. The summed E-state index contributed by atoms with van der Waals surface area (Å²) in [6.45, 7) is 2.90. The maximum absolute atomic E-state index is 12.5. The Hall–Kier alpha value is -0.820. The first-order chi connectivity index (χ1) is 7.70. The molecule has 0 aliphatic carbocycles. The van der Waals surface area contributed by atoms with Crippen LogP contribution in [0, 0.1) is 5.92 Å². The summed E-state index contributed by atoms with van der Waals surface area (Å²) in [4.78, 5) is 12.0. The molecule has 0 aliphatic heterocycles. The fourth-order valence-electron chi connectivity index (χ4n) is 1.39. The molecular weight excluding hydrogens is 239 g/mol. The first-order valence-electron chi connectivity index (χ1n) is 5.34. The average Bonchev–Trinajstić information content (AvgIpc) is 2.14. The van der Waals surface area contributed by atoms with Gasteiger partial charge >= 0.3 is 12.1 Å². The molecule has 0 aromatic heterocycles. The van der Waals surface area contributed by atoms with Crippen LogP contribution in [0.4, 0.5) is 13.2 Å². The van der Waals surface area contributed by atoms with Gasteiger partial charge in [-0.15, -0.1) is 0 Å². The van der Waals surface area contributed by atoms with E-state index < -0.39 is 24.6 Å². The van der Waals surface area contributed by atoms with E-state index >= 15 is 0 Å². The van der Waals surface area contributed by atoms with Gasteiger partial charge < -0.3 is 10.2 Å². The van der Waals surface area contributed by atoms with E-state index in [0.717, 1.165) is 0 Å². The molecule has 17 heavy (non-hydrogen) atoms. The van der Waals surface area contributed by atoms with E-state index in [0.29, 0.717) is 6.42 Å². The summed E-state index contributed by atoms with van der Waals surface area (Å²) >= 11 is 0. The van der Waals surface area contributed by atoms with Gasteiger partial charge in [0.1, 0.15) is 0 Å². The average molecular weight is 257 g/mol. The van der Waals surface area contributed by atoms with Crippen molar-refractivity contribution in [1.82, 2.24) is 4.90 Å². The van der Waals surface area contributed by atoms with E-state index in [9.17, 15) is 18.0 Å². The van der Waals surface area contributed by atoms with Gasteiger partial charge in [-0.3, -0.25) is 9.69 Å². The molecule has 0 saturated heterocycles. The van der Waals surface area contributed by atoms with Gasteiger partial charge in [0.25, 0.3) is 0 Å². The summed E-state index contributed by atoms with van der Waals surface area (Å²) in [6.07, 6.45) is -4.43. The zero-order valence-electron chi connectivity index (χ0n) is 9.87. The third-order valence-electron chi connectivity index (χ3n) is 2.44. The summed E-state index contributed by atoms with van der Waals surface area (Å²) in [6, 6.07) is -0.203. The number of carboxylic acid groups (broad SMARTS) is 1. The molecule has 4 nitrogen and oxygen atoms in total. The number of hydrogen-bond acceptors (Lipinski definition) is 3. The highest BCUT2D eigenvalue weighted by Gasteiger charge is 2.46. The zero-order chi connectivity index (χ0) is 13.6. The Bertz CT molecular complexity index is 243. The van der Waals surface area contributed by atoms with E-state index in [1.54, 1.807) is 13.8 Å². The second-order valence-corrected chi connectivity index (χ2v) is 4.10. The minimum atomic E-state index is -4.75. The quantitative estimate of drug-likeness (QED) is 0.722. The van der Waals surface area contributed by atoms with Crippen molar-refractivity contribution in [1.29, 1.82) is 0 Å². The molecular formula is C10H18F3NO3. The predicted molar refractivity (Wildman–Crippen MR) is 55.6 cm³/mol. The third kappa shape index (κ3) is 5.88. The Kier molecular flexibility index (Phi) is 6.48. The van der Waals surface area contributed by atoms with Crippen LogP contribution in [0.25, 0.3) is 0 Å². The predicted octanol–water partition coefficient (Wildman–Crippen LogP) is 1.34. The molecule has 0 spiro atoms. The Morgan fingerprint density at radius 2 is 1.88 bits per heavy atom. The van der Waals surface area contributed by atoms with E-state index in [1.165, 1.54) is 4.90 Å². The number of halogens is 3. The van der Waals surface area contributed by atoms with Crippen molar-refractivity contribution in [3.63, 3.8) is 0 Å². The number of alkyl halides is 3. The second kappa shape index (κ2) is 6.80. The highest BCUT2D eigenvalue weighted by atomic mass is 19.4. The summed E-state index contributed by atoms with van der Waals surface area (Å²) in [7, 11) is 0. The highest BCUT2D eigenvalue weighted by molar-refractivity contribution is 5.71. The Morgan fingerprint density at radius 3 is 2.18 bits per heavy atom. The van der Waals surface area contributed by atoms with Gasteiger partial charge in [0.05, 0.1) is 0 Å². The minimum Gasteiger partial charge on any atom is -0.481 e. The molecule has 0 fully saturated rings. The van der Waals surface area contributed by atoms with Crippen LogP contribution in [0.1, 0.15) is 20.3 Å². The maximum Gasteiger partial charge on any atom is 0.403 e. The smallest absolute Gasteiger partial charge is 0.403 e. The molecule has 0 aromatic rings. The number of hydrogen-bond donors (Lipinski definition) is 2. The molecule has 2 N–H and O–H groups in total. The lowest BCUT2D eigenvalue weighted by atomic mass is 10.1. The van der Waals surface area contributed by atoms with Crippen molar-refractivity contribution < 1.29 is 28.2 Å². The lowest BCUT2D eigenvalue weighted by Gasteiger charge is -2.29. The molecule has 0 aromatic carbocycles. The SMILES string of the molecule is CC(C)N(CCCO)CC(C(=O)O)C(F)(F)F. The molecule has 0 aliphatic rings. The highest BCUT2D eigenvalue weighted by Crippen LogP contribution is 2.27. The monoisotopic (exact) mass is 257 g/mol. The zero-order valence-corrected chi connectivity index (χ0v) is 9.87. The van der Waals surface area contributed by atoms with E-state index in [-0.39, 0.29) is 19.2 Å². The van der Waals surface area contributed by atoms with Crippen LogP contribution in [-0.4, -0.2) is 53.0 Å². The second-order valence-electron chi connectivity index (χ2n) is 4.10. The lowest BCUT2D eigenvalue weighted by molar-refractivity contribution is -0.197. The molecule has 1 atom stereocenters. The molecule has 1 unspecified atom stereocenters. The van der Waals surface area contributed by atoms with Crippen LogP contribution < -0.4 is 0 Å². The minimum absolute atomic E-state index is 0.132. The number of carbonyl (C=O) groups is 1. The van der Waals surface area contributed by atoms with Gasteiger partial charge in [-0.2, -0.15) is 13.2 Å². The van der Waals surface area contributed by atoms with Crippen LogP contribution in [0.15, 0.2) is 0 Å². The molecule has 0 rings (SSSR count). The first-order valence-corrected chi connectivity index (χ1v) is 5.34. The molecule has 102 valence electrons. The van der Waals surface area contributed by atoms with Crippen molar-refractivity contribution in [2.24, 2.45) is 5.92 Å². The standard InChI is InChI=1S/C10H18F3NO3/c1-7(2)14(4-3-5-15)6-8(9(16)17)10(11,12)13/h7-8,15H,3-6H2,1-2H3,(H,16,17). The van der Waals surface area contributed by atoms with Gasteiger partial charge in [-0.05, 0) is 20.3 Å². The number of aliphatic hydroxyl groups excluding tert-OH is 1. The van der Waals surface area contributed by atoms with Crippen LogP contribution in [0.2, 0.25) is 0 Å². The summed E-state index contributed by atoms with van der Waals surface area (Å²) < 4.78 is 37.4. The van der Waals surface area contributed by atoms with Crippen molar-refractivity contribution in [2.45, 2.75) is 32.5 Å². The number of aliphatic carboxylic acids is 1. The molecule has 7 heteroatoms. The van der Waals surface area contributed by atoms with Crippen molar-refractivity contribution in [3.05, 3.63) is 0 Å². The molecule has 0 heterocycles. The molecule has 0 saturated carbocycles. The number of aliphatic hydroxyl groups is 1. The number of rotatable bonds is 7. The normalized spacial score (nSPS) is 14.4. The van der Waals surface area contributed by atoms with Crippen LogP contribution >= 0.6 is 0 Å². The van der Waals surface area contributed by atoms with Crippen LogP contribution in [0.3, 0.4) is 0 Å². The summed E-state index contributed by atoms with van der Waals surface area (Å²) in [5, 5.41) is 17.2. The Morgan fingerprint density at radius 1 is 1.35 bits per heavy atom. The summed E-state index contributed by atoms with van der Waals surface area (Å²) in [5.41, 5.74) is 0. The molecule has 0 amide bonds. The lowest BCUT2D eigenvalue weighted by Crippen LogP contribution is -2.44. The topological polar surface area (TPSA) is 60.8 Å². The van der Waals surface area contributed by atoms with Crippen LogP contribution in [0.5, 0.6) is 0 Å². The largest absolute Gasteiger partial charge is 0.481 e. The fourth-order valence-corrected chi connectivity index (χ4v) is 1.39.